The van der Waals surface area contributed by atoms with Crippen LogP contribution in [-0.4, -0.2) is 5.71 Å². The van der Waals surface area contributed by atoms with E-state index in [9.17, 15) is 0 Å². The summed E-state index contributed by atoms with van der Waals surface area (Å²) in [5.74, 6) is 0. The number of allylic oxidation sites excluding steroid dienone is 21. The van der Waals surface area contributed by atoms with Gasteiger partial charge >= 0.3 is 0 Å². The van der Waals surface area contributed by atoms with E-state index in [-0.39, 0.29) is 0 Å². The van der Waals surface area contributed by atoms with E-state index in [1.165, 1.54) is 50.1 Å². The van der Waals surface area contributed by atoms with Gasteiger partial charge in [0, 0.05) is 11.1 Å². The molecule has 0 atom stereocenters. The molecule has 0 bridgehead atoms. The highest BCUT2D eigenvalue weighted by Crippen LogP contribution is 2.40. The van der Waals surface area contributed by atoms with Crippen LogP contribution in [0, 0.1) is 0 Å². The van der Waals surface area contributed by atoms with Crippen molar-refractivity contribution in [3.63, 3.8) is 0 Å². The fourth-order valence-electron chi connectivity index (χ4n) is 7.19. The molecule has 0 aliphatic heterocycles. The third-order valence-electron chi connectivity index (χ3n) is 10.1. The van der Waals surface area contributed by atoms with Gasteiger partial charge in [-0.15, -0.1) is 5.73 Å². The molecule has 0 unspecified atom stereocenters. The van der Waals surface area contributed by atoms with E-state index >= 15 is 0 Å². The summed E-state index contributed by atoms with van der Waals surface area (Å²) in [4.78, 5) is 5.30. The van der Waals surface area contributed by atoms with Crippen LogP contribution in [0.2, 0.25) is 0 Å². The Labute approximate surface area is 318 Å². The third kappa shape index (κ3) is 9.19. The lowest BCUT2D eigenvalue weighted by Gasteiger charge is -2.13. The van der Waals surface area contributed by atoms with Gasteiger partial charge in [-0.2, -0.15) is 0 Å². The van der Waals surface area contributed by atoms with Crippen molar-refractivity contribution in [2.45, 2.75) is 66.8 Å². The van der Waals surface area contributed by atoms with Crippen LogP contribution in [0.5, 0.6) is 0 Å². The standard InChI is InChI=1S/C52H51N/c1-6-18-39(8-3)20-16-25-46-34-48-27-17-26-47(36-51(48)38(46)5)50-33-40(37-53-52(41(9-4)19-7-2)45-23-14-11-15-24-45)32-49(35-50)44-30-28-43(29-31-44)42-21-12-10-13-22-42/h6-9,11-12,14-19,21-25,27-33,35-36H,10,13,20,34,37H2,1-5H3/b18-6-,19-7-,25-16-,39-8+,41-9+,53-52?. The van der Waals surface area contributed by atoms with Crippen LogP contribution in [0.25, 0.3) is 22.3 Å². The van der Waals surface area contributed by atoms with Gasteiger partial charge in [0.25, 0.3) is 0 Å². The van der Waals surface area contributed by atoms with Crippen molar-refractivity contribution in [1.82, 2.24) is 0 Å². The summed E-state index contributed by atoms with van der Waals surface area (Å²) in [7, 11) is 0. The number of fused-ring (bicyclic) bond motifs is 1. The van der Waals surface area contributed by atoms with Crippen molar-refractivity contribution in [3.05, 3.63) is 219 Å². The minimum Gasteiger partial charge on any atom is -0.279 e. The molecule has 0 fully saturated rings. The lowest BCUT2D eigenvalue weighted by Crippen LogP contribution is -2.04. The first-order valence-electron chi connectivity index (χ1n) is 19.0. The maximum atomic E-state index is 5.30. The molecule has 0 N–H and O–H groups in total. The largest absolute Gasteiger partial charge is 0.279 e. The summed E-state index contributed by atoms with van der Waals surface area (Å²) < 4.78 is 0. The molecule has 1 nitrogen and oxygen atoms in total. The monoisotopic (exact) mass is 689 g/mol. The molecule has 0 spiro atoms. The second-order valence-electron chi connectivity index (χ2n) is 13.7. The van der Waals surface area contributed by atoms with Gasteiger partial charge in [0.05, 0.1) is 12.3 Å². The fourth-order valence-corrected chi connectivity index (χ4v) is 7.19. The minimum atomic E-state index is 0.558. The zero-order chi connectivity index (χ0) is 37.0. The number of rotatable bonds is 12. The van der Waals surface area contributed by atoms with Crippen LogP contribution in [0.15, 0.2) is 202 Å². The predicted octanol–water partition coefficient (Wildman–Crippen LogP) is 14.2. The van der Waals surface area contributed by atoms with Crippen molar-refractivity contribution >= 4 is 16.9 Å². The van der Waals surface area contributed by atoms with E-state index in [0.29, 0.717) is 6.54 Å². The van der Waals surface area contributed by atoms with E-state index in [1.807, 2.05) is 0 Å². The summed E-state index contributed by atoms with van der Waals surface area (Å²) >= 11 is 0. The van der Waals surface area contributed by atoms with Gasteiger partial charge in [0.15, 0.2) is 0 Å². The predicted molar refractivity (Wildman–Crippen MR) is 231 cm³/mol. The Morgan fingerprint density at radius 3 is 2.30 bits per heavy atom. The lowest BCUT2D eigenvalue weighted by molar-refractivity contribution is 1.04. The molecule has 0 saturated heterocycles. The lowest BCUT2D eigenvalue weighted by atomic mass is 9.93. The van der Waals surface area contributed by atoms with Gasteiger partial charge in [0.2, 0.25) is 0 Å². The Morgan fingerprint density at radius 1 is 0.811 bits per heavy atom. The SMILES string of the molecule is C/C=C\C(=C/C)C/C=C\C1=C(C)C2=CC(c3cc(CN=C(C(/C=C\C)=C/C)c4ccccc4)cc(-c4ccc(C5=CCCC=C5)cc4)c3)=C=CC=C2C1. The molecule has 53 heavy (non-hydrogen) atoms. The topological polar surface area (TPSA) is 12.4 Å². The molecule has 0 saturated carbocycles. The number of hydrogen-bond acceptors (Lipinski definition) is 1. The molecular weight excluding hydrogens is 639 g/mol. The van der Waals surface area contributed by atoms with Crippen molar-refractivity contribution in [2.24, 2.45) is 4.99 Å². The molecule has 0 heterocycles. The Morgan fingerprint density at radius 2 is 1.58 bits per heavy atom. The third-order valence-corrected chi connectivity index (χ3v) is 10.1. The fraction of sp³-hybridized carbons (Fsp3) is 0.192. The van der Waals surface area contributed by atoms with Gasteiger partial charge < -0.3 is 0 Å². The zero-order valence-electron chi connectivity index (χ0n) is 32.0. The van der Waals surface area contributed by atoms with Crippen LogP contribution >= 0.6 is 0 Å². The normalized spacial score (nSPS) is 16.7. The molecule has 0 amide bonds. The zero-order valence-corrected chi connectivity index (χ0v) is 32.0. The van der Waals surface area contributed by atoms with E-state index in [2.05, 4.69) is 198 Å². The first-order valence-corrected chi connectivity index (χ1v) is 19.0. The van der Waals surface area contributed by atoms with Crippen LogP contribution in [-0.2, 0) is 6.54 Å². The summed E-state index contributed by atoms with van der Waals surface area (Å²) in [6, 6.07) is 26.5. The number of nitrogens with zero attached hydrogens (tertiary/aromatic N) is 1. The van der Waals surface area contributed by atoms with E-state index < -0.39 is 0 Å². The molecule has 6 rings (SSSR count). The Balaban J connectivity index is 1.40. The highest BCUT2D eigenvalue weighted by molar-refractivity contribution is 6.14. The highest BCUT2D eigenvalue weighted by atomic mass is 14.7. The Kier molecular flexibility index (Phi) is 12.7. The average Bonchev–Trinajstić information content (AvgIpc) is 3.34. The van der Waals surface area contributed by atoms with Gasteiger partial charge in [-0.25, -0.2) is 0 Å². The average molecular weight is 690 g/mol. The van der Waals surface area contributed by atoms with E-state index in [0.717, 1.165) is 59.2 Å². The minimum absolute atomic E-state index is 0.558. The van der Waals surface area contributed by atoms with Gasteiger partial charge in [-0.1, -0.05) is 128 Å². The Bertz CT molecular complexity index is 2240. The second-order valence-corrected chi connectivity index (χ2v) is 13.7. The number of aliphatic imine (C=N–C) groups is 1. The Hall–Kier alpha value is -5.75. The van der Waals surface area contributed by atoms with E-state index in [1.54, 1.807) is 0 Å². The smallest absolute Gasteiger partial charge is 0.0719 e. The molecule has 3 aliphatic carbocycles. The van der Waals surface area contributed by atoms with Crippen molar-refractivity contribution in [3.8, 4) is 11.1 Å². The van der Waals surface area contributed by atoms with Gasteiger partial charge in [-0.05, 0) is 157 Å². The van der Waals surface area contributed by atoms with Gasteiger partial charge in [-0.3, -0.25) is 4.99 Å². The molecular formula is C52H51N. The number of hydrogen-bond donors (Lipinski definition) is 0. The number of benzene rings is 3. The summed E-state index contributed by atoms with van der Waals surface area (Å²) in [5, 5.41) is 0. The first kappa shape index (κ1) is 37.0. The maximum Gasteiger partial charge on any atom is 0.0719 e. The summed E-state index contributed by atoms with van der Waals surface area (Å²) in [6.07, 6.45) is 35.1. The van der Waals surface area contributed by atoms with Crippen LogP contribution in [0.4, 0.5) is 0 Å². The molecule has 0 radical (unpaired) electrons. The van der Waals surface area contributed by atoms with E-state index in [4.69, 9.17) is 4.99 Å². The molecule has 3 aliphatic rings. The molecule has 1 heteroatoms. The highest BCUT2D eigenvalue weighted by Gasteiger charge is 2.21. The summed E-state index contributed by atoms with van der Waals surface area (Å²) in [5.41, 5.74) is 21.9. The second kappa shape index (κ2) is 18.1. The van der Waals surface area contributed by atoms with Crippen molar-refractivity contribution in [1.29, 1.82) is 0 Å². The van der Waals surface area contributed by atoms with Crippen LogP contribution in [0.3, 0.4) is 0 Å². The van der Waals surface area contributed by atoms with Crippen LogP contribution in [0.1, 0.15) is 82.6 Å². The molecule has 264 valence electrons. The first-order chi connectivity index (χ1) is 26.0. The molecule has 3 aromatic carbocycles. The quantitative estimate of drug-likeness (QED) is 0.102. The van der Waals surface area contributed by atoms with Crippen molar-refractivity contribution in [2.75, 3.05) is 0 Å². The van der Waals surface area contributed by atoms with Crippen molar-refractivity contribution < 1.29 is 0 Å². The van der Waals surface area contributed by atoms with Crippen LogP contribution < -0.4 is 0 Å². The van der Waals surface area contributed by atoms with Gasteiger partial charge in [0.1, 0.15) is 0 Å². The summed E-state index contributed by atoms with van der Waals surface area (Å²) in [6.45, 7) is 11.1. The molecule has 0 aromatic heterocycles. The maximum absolute atomic E-state index is 5.30. The molecule has 3 aromatic rings.